The minimum Gasteiger partial charge on any atom is -0.491 e. The predicted molar refractivity (Wildman–Crippen MR) is 78.6 cm³/mol. The number of pyridine rings is 1. The van der Waals surface area contributed by atoms with Gasteiger partial charge in [-0.05, 0) is 12.1 Å². The third-order valence-electron chi connectivity index (χ3n) is 3.17. The number of aromatic nitrogens is 3. The van der Waals surface area contributed by atoms with E-state index in [2.05, 4.69) is 10.1 Å². The van der Waals surface area contributed by atoms with Gasteiger partial charge in [0.2, 0.25) is 5.69 Å². The number of ether oxygens (including phenoxy) is 1. The van der Waals surface area contributed by atoms with Gasteiger partial charge in [0.25, 0.3) is 5.43 Å². The van der Waals surface area contributed by atoms with Gasteiger partial charge in [-0.3, -0.25) is 9.78 Å². The van der Waals surface area contributed by atoms with Crippen LogP contribution in [0, 0.1) is 0 Å². The molecule has 3 aromatic rings. The molecule has 0 saturated carbocycles. The summed E-state index contributed by atoms with van der Waals surface area (Å²) < 4.78 is 6.24. The zero-order chi connectivity index (χ0) is 15.7. The maximum absolute atomic E-state index is 11.9. The highest BCUT2D eigenvalue weighted by atomic mass is 16.5. The molecule has 0 aliphatic rings. The molecule has 0 spiro atoms. The summed E-state index contributed by atoms with van der Waals surface area (Å²) in [5.41, 5.74) is -0.176. The first kappa shape index (κ1) is 13.7. The van der Waals surface area contributed by atoms with Crippen LogP contribution >= 0.6 is 0 Å². The van der Waals surface area contributed by atoms with Gasteiger partial charge in [0, 0.05) is 11.6 Å². The zero-order valence-corrected chi connectivity index (χ0v) is 11.6. The van der Waals surface area contributed by atoms with Crippen molar-refractivity contribution >= 4 is 16.9 Å². The second-order valence-electron chi connectivity index (χ2n) is 4.48. The zero-order valence-electron chi connectivity index (χ0n) is 11.6. The molecule has 110 valence electrons. The van der Waals surface area contributed by atoms with Crippen LogP contribution in [0.25, 0.3) is 16.6 Å². The number of rotatable bonds is 3. The molecule has 0 amide bonds. The van der Waals surface area contributed by atoms with E-state index in [1.54, 1.807) is 24.4 Å². The molecule has 0 bridgehead atoms. The van der Waals surface area contributed by atoms with Gasteiger partial charge in [-0.25, -0.2) is 9.48 Å². The van der Waals surface area contributed by atoms with E-state index in [-0.39, 0.29) is 5.75 Å². The molecule has 1 aromatic carbocycles. The molecule has 7 nitrogen and oxygen atoms in total. The highest BCUT2D eigenvalue weighted by Gasteiger charge is 2.17. The fourth-order valence-electron chi connectivity index (χ4n) is 2.15. The van der Waals surface area contributed by atoms with Crippen LogP contribution in [0.5, 0.6) is 5.75 Å². The number of hydrogen-bond acceptors (Lipinski definition) is 5. The average Bonchev–Trinajstić information content (AvgIpc) is 2.54. The summed E-state index contributed by atoms with van der Waals surface area (Å²) in [6.45, 7) is 0. The minimum atomic E-state index is -1.41. The molecule has 0 unspecified atom stereocenters. The lowest BCUT2D eigenvalue weighted by Crippen LogP contribution is -2.22. The van der Waals surface area contributed by atoms with Crippen LogP contribution in [0.15, 0.2) is 47.5 Å². The highest BCUT2D eigenvalue weighted by Crippen LogP contribution is 2.20. The van der Waals surface area contributed by atoms with E-state index < -0.39 is 17.1 Å². The molecule has 3 rings (SSSR count). The Bertz CT molecular complexity index is 928. The second kappa shape index (κ2) is 5.28. The van der Waals surface area contributed by atoms with Crippen LogP contribution in [-0.2, 0) is 0 Å². The number of carbonyl (C=O) groups is 1. The summed E-state index contributed by atoms with van der Waals surface area (Å²) in [4.78, 5) is 27.4. The molecule has 7 heteroatoms. The van der Waals surface area contributed by atoms with Crippen molar-refractivity contribution < 1.29 is 14.6 Å². The van der Waals surface area contributed by atoms with Crippen LogP contribution in [-0.4, -0.2) is 33.0 Å². The Labute approximate surface area is 124 Å². The van der Waals surface area contributed by atoms with Crippen molar-refractivity contribution in [2.75, 3.05) is 7.11 Å². The Kier molecular flexibility index (Phi) is 3.30. The summed E-state index contributed by atoms with van der Waals surface area (Å²) >= 11 is 0. The van der Waals surface area contributed by atoms with Gasteiger partial charge < -0.3 is 9.84 Å². The summed E-state index contributed by atoms with van der Waals surface area (Å²) in [5, 5.41) is 13.9. The average molecular weight is 297 g/mol. The fraction of sp³-hybridized carbons (Fsp3) is 0.0667. The number of benzene rings is 1. The van der Waals surface area contributed by atoms with Crippen LogP contribution in [0.1, 0.15) is 10.5 Å². The molecule has 0 saturated heterocycles. The van der Waals surface area contributed by atoms with Crippen molar-refractivity contribution in [1.29, 1.82) is 0 Å². The molecule has 0 radical (unpaired) electrons. The van der Waals surface area contributed by atoms with Crippen molar-refractivity contribution in [3.63, 3.8) is 0 Å². The minimum absolute atomic E-state index is 0.0969. The van der Waals surface area contributed by atoms with Gasteiger partial charge in [-0.1, -0.05) is 18.2 Å². The molecule has 2 aromatic heterocycles. The molecule has 0 aliphatic carbocycles. The monoisotopic (exact) mass is 297 g/mol. The number of nitrogens with zero attached hydrogens (tertiary/aromatic N) is 3. The molecular formula is C15H11N3O4. The lowest BCUT2D eigenvalue weighted by atomic mass is 10.2. The predicted octanol–water partition coefficient (Wildman–Crippen LogP) is 1.49. The van der Waals surface area contributed by atoms with E-state index in [9.17, 15) is 9.59 Å². The summed E-state index contributed by atoms with van der Waals surface area (Å²) in [6, 6.07) is 9.09. The summed E-state index contributed by atoms with van der Waals surface area (Å²) in [5.74, 6) is -1.51. The van der Waals surface area contributed by atoms with Gasteiger partial charge in [0.1, 0.15) is 0 Å². The first-order chi connectivity index (χ1) is 10.6. The van der Waals surface area contributed by atoms with E-state index in [0.29, 0.717) is 11.2 Å². The molecule has 0 atom stereocenters. The molecule has 0 aliphatic heterocycles. The van der Waals surface area contributed by atoms with Crippen molar-refractivity contribution in [1.82, 2.24) is 14.8 Å². The standard InChI is InChI=1S/C15H11N3O4/c1-22-11-8-18(17-13(14(11)19)15(20)21)10-6-2-4-9-5-3-7-16-12(9)10/h2-8H,1H3,(H,20,21). The number of para-hydroxylation sites is 1. The smallest absolute Gasteiger partial charge is 0.360 e. The largest absolute Gasteiger partial charge is 0.491 e. The topological polar surface area (TPSA) is 94.3 Å². The lowest BCUT2D eigenvalue weighted by molar-refractivity contribution is 0.0686. The van der Waals surface area contributed by atoms with Crippen molar-refractivity contribution in [3.05, 3.63) is 58.6 Å². The third-order valence-corrected chi connectivity index (χ3v) is 3.17. The Hall–Kier alpha value is -3.22. The maximum Gasteiger partial charge on any atom is 0.360 e. The number of methoxy groups -OCH3 is 1. The Morgan fingerprint density at radius 3 is 2.77 bits per heavy atom. The normalized spacial score (nSPS) is 10.6. The van der Waals surface area contributed by atoms with Gasteiger partial charge >= 0.3 is 5.97 Å². The molecule has 2 heterocycles. The van der Waals surface area contributed by atoms with E-state index in [1.165, 1.54) is 18.0 Å². The van der Waals surface area contributed by atoms with E-state index in [4.69, 9.17) is 9.84 Å². The Morgan fingerprint density at radius 2 is 2.05 bits per heavy atom. The summed E-state index contributed by atoms with van der Waals surface area (Å²) in [6.07, 6.45) is 2.97. The van der Waals surface area contributed by atoms with Crippen molar-refractivity contribution in [3.8, 4) is 11.4 Å². The van der Waals surface area contributed by atoms with E-state index >= 15 is 0 Å². The quantitative estimate of drug-likeness (QED) is 0.787. The molecule has 22 heavy (non-hydrogen) atoms. The van der Waals surface area contributed by atoms with Crippen LogP contribution in [0.3, 0.4) is 0 Å². The van der Waals surface area contributed by atoms with Crippen LogP contribution < -0.4 is 10.2 Å². The first-order valence-corrected chi connectivity index (χ1v) is 6.37. The van der Waals surface area contributed by atoms with E-state index in [1.807, 2.05) is 12.1 Å². The van der Waals surface area contributed by atoms with Gasteiger partial charge in [0.15, 0.2) is 5.75 Å². The van der Waals surface area contributed by atoms with Gasteiger partial charge in [0.05, 0.1) is 24.5 Å². The van der Waals surface area contributed by atoms with Crippen molar-refractivity contribution in [2.24, 2.45) is 0 Å². The number of fused-ring (bicyclic) bond motifs is 1. The second-order valence-corrected chi connectivity index (χ2v) is 4.48. The molecular weight excluding hydrogens is 286 g/mol. The number of carboxylic acids is 1. The fourth-order valence-corrected chi connectivity index (χ4v) is 2.15. The third kappa shape index (κ3) is 2.18. The molecule has 0 fully saturated rings. The maximum atomic E-state index is 11.9. The van der Waals surface area contributed by atoms with Gasteiger partial charge in [-0.2, -0.15) is 5.10 Å². The van der Waals surface area contributed by atoms with Gasteiger partial charge in [-0.15, -0.1) is 0 Å². The van der Waals surface area contributed by atoms with Crippen LogP contribution in [0.4, 0.5) is 0 Å². The Balaban J connectivity index is 2.34. The number of aromatic carboxylic acids is 1. The van der Waals surface area contributed by atoms with Crippen molar-refractivity contribution in [2.45, 2.75) is 0 Å². The lowest BCUT2D eigenvalue weighted by Gasteiger charge is -2.10. The summed E-state index contributed by atoms with van der Waals surface area (Å²) in [7, 11) is 1.30. The SMILES string of the molecule is COc1cn(-c2cccc3cccnc23)nc(C(=O)O)c1=O. The first-order valence-electron chi connectivity index (χ1n) is 6.37. The highest BCUT2D eigenvalue weighted by molar-refractivity contribution is 5.87. The van der Waals surface area contributed by atoms with Crippen LogP contribution in [0.2, 0.25) is 0 Å². The molecule has 1 N–H and O–H groups in total. The Morgan fingerprint density at radius 1 is 1.27 bits per heavy atom. The number of carboxylic acid groups (broad SMARTS) is 1. The number of hydrogen-bond donors (Lipinski definition) is 1. The van der Waals surface area contributed by atoms with E-state index in [0.717, 1.165) is 5.39 Å².